The fourth-order valence-electron chi connectivity index (χ4n) is 0.574. The van der Waals surface area contributed by atoms with E-state index in [2.05, 4.69) is 5.32 Å². The predicted molar refractivity (Wildman–Crippen MR) is 44.2 cm³/mol. The number of ether oxygens (including phenoxy) is 1. The van der Waals surface area contributed by atoms with Crippen LogP contribution in [0.4, 0.5) is 0 Å². The average Bonchev–Trinajstić information content (AvgIpc) is 1.96. The summed E-state index contributed by atoms with van der Waals surface area (Å²) in [5.74, 6) is 0. The third-order valence-corrected chi connectivity index (χ3v) is 1.03. The van der Waals surface area contributed by atoms with E-state index in [0.29, 0.717) is 25.5 Å². The van der Waals surface area contributed by atoms with Crippen LogP contribution < -0.4 is 5.32 Å². The minimum atomic E-state index is 0.156. The first-order chi connectivity index (χ1) is 5.27. The summed E-state index contributed by atoms with van der Waals surface area (Å²) in [5, 5.41) is 18.4. The molecule has 0 amide bonds. The number of rotatable bonds is 7. The van der Waals surface area contributed by atoms with Crippen molar-refractivity contribution >= 4 is 5.71 Å². The summed E-state index contributed by atoms with van der Waals surface area (Å²) >= 11 is 0. The summed E-state index contributed by atoms with van der Waals surface area (Å²) in [6.45, 7) is 4.20. The summed E-state index contributed by atoms with van der Waals surface area (Å²) in [7, 11) is 0. The van der Waals surface area contributed by atoms with Gasteiger partial charge in [-0.2, -0.15) is 0 Å². The Bertz CT molecular complexity index is 107. The smallest absolute Gasteiger partial charge is 0.0839 e. The van der Waals surface area contributed by atoms with Crippen LogP contribution in [0.3, 0.4) is 0 Å². The van der Waals surface area contributed by atoms with E-state index in [-0.39, 0.29) is 6.61 Å². The van der Waals surface area contributed by atoms with E-state index in [1.807, 2.05) is 0 Å². The molecule has 3 N–H and O–H groups in total. The molecule has 0 spiro atoms. The molecule has 11 heavy (non-hydrogen) atoms. The molecule has 0 unspecified atom stereocenters. The molecule has 0 fully saturated rings. The number of hydrogen-bond donors (Lipinski definition) is 3. The second-order valence-electron chi connectivity index (χ2n) is 2.31. The Morgan fingerprint density at radius 1 is 1.55 bits per heavy atom. The van der Waals surface area contributed by atoms with Gasteiger partial charge in [0.25, 0.3) is 0 Å². The van der Waals surface area contributed by atoms with E-state index in [4.69, 9.17) is 15.3 Å². The lowest BCUT2D eigenvalue weighted by molar-refractivity contribution is 0.170. The molecule has 0 atom stereocenters. The summed E-state index contributed by atoms with van der Waals surface area (Å²) in [6.07, 6.45) is 0. The number of nitrogens with one attached hydrogen (secondary N) is 2. The molecule has 4 nitrogen and oxygen atoms in total. The molecular weight excluding hydrogens is 144 g/mol. The highest BCUT2D eigenvalue weighted by atomic mass is 16.5. The van der Waals surface area contributed by atoms with Gasteiger partial charge in [-0.3, -0.25) is 0 Å². The van der Waals surface area contributed by atoms with Crippen LogP contribution in [0.1, 0.15) is 6.92 Å². The lowest BCUT2D eigenvalue weighted by atomic mass is 10.5. The van der Waals surface area contributed by atoms with Gasteiger partial charge in [0, 0.05) is 18.8 Å². The third kappa shape index (κ3) is 9.55. The maximum atomic E-state index is 8.37. The van der Waals surface area contributed by atoms with Gasteiger partial charge in [0.15, 0.2) is 0 Å². The van der Waals surface area contributed by atoms with Crippen LogP contribution in [-0.2, 0) is 4.74 Å². The lowest BCUT2D eigenvalue weighted by Gasteiger charge is -2.03. The molecule has 0 saturated carbocycles. The molecule has 0 aromatic carbocycles. The molecule has 4 heteroatoms. The van der Waals surface area contributed by atoms with Gasteiger partial charge in [0.05, 0.1) is 19.8 Å². The molecule has 0 aliphatic carbocycles. The molecule has 0 rings (SSSR count). The van der Waals surface area contributed by atoms with Crippen LogP contribution in [0, 0.1) is 5.41 Å². The van der Waals surface area contributed by atoms with Gasteiger partial charge in [-0.25, -0.2) is 0 Å². The second-order valence-corrected chi connectivity index (χ2v) is 2.31. The van der Waals surface area contributed by atoms with Crippen LogP contribution in [0.25, 0.3) is 0 Å². The maximum Gasteiger partial charge on any atom is 0.0839 e. The zero-order chi connectivity index (χ0) is 8.53. The first-order valence-electron chi connectivity index (χ1n) is 3.70. The Morgan fingerprint density at radius 3 is 2.82 bits per heavy atom. The van der Waals surface area contributed by atoms with Crippen molar-refractivity contribution in [3.8, 4) is 0 Å². The minimum absolute atomic E-state index is 0.156. The zero-order valence-corrected chi connectivity index (χ0v) is 6.89. The minimum Gasteiger partial charge on any atom is -0.395 e. The highest BCUT2D eigenvalue weighted by Gasteiger charge is 1.88. The summed E-state index contributed by atoms with van der Waals surface area (Å²) in [5.41, 5.74) is 0.534. The highest BCUT2D eigenvalue weighted by Crippen LogP contribution is 1.75. The Labute approximate surface area is 67.1 Å². The lowest BCUT2D eigenvalue weighted by Crippen LogP contribution is -2.23. The van der Waals surface area contributed by atoms with Gasteiger partial charge in [-0.15, -0.1) is 0 Å². The van der Waals surface area contributed by atoms with Crippen LogP contribution in [-0.4, -0.2) is 43.7 Å². The monoisotopic (exact) mass is 160 g/mol. The summed E-state index contributed by atoms with van der Waals surface area (Å²) in [4.78, 5) is 0. The first kappa shape index (κ1) is 10.6. The number of aliphatic hydroxyl groups is 1. The van der Waals surface area contributed by atoms with E-state index < -0.39 is 0 Å². The van der Waals surface area contributed by atoms with Gasteiger partial charge in [-0.05, 0) is 6.92 Å². The first-order valence-corrected chi connectivity index (χ1v) is 3.70. The Kier molecular flexibility index (Phi) is 7.34. The van der Waals surface area contributed by atoms with E-state index in [1.165, 1.54) is 0 Å². The van der Waals surface area contributed by atoms with Crippen molar-refractivity contribution < 1.29 is 9.84 Å². The number of hydrogen-bond acceptors (Lipinski definition) is 4. The fraction of sp³-hybridized carbons (Fsp3) is 0.857. The Balaban J connectivity index is 2.85. The Hall–Kier alpha value is -0.450. The molecule has 0 bridgehead atoms. The topological polar surface area (TPSA) is 65.3 Å². The van der Waals surface area contributed by atoms with Crippen LogP contribution >= 0.6 is 0 Å². The molecule has 0 heterocycles. The van der Waals surface area contributed by atoms with Gasteiger partial charge in [0.1, 0.15) is 0 Å². The van der Waals surface area contributed by atoms with Crippen molar-refractivity contribution in [2.45, 2.75) is 6.92 Å². The molecule has 0 saturated heterocycles. The third-order valence-electron chi connectivity index (χ3n) is 1.03. The van der Waals surface area contributed by atoms with Crippen molar-refractivity contribution in [1.29, 1.82) is 5.41 Å². The molecular formula is C7H16N2O2. The Morgan fingerprint density at radius 2 is 2.27 bits per heavy atom. The second kappa shape index (κ2) is 7.65. The van der Waals surface area contributed by atoms with Crippen LogP contribution in [0.15, 0.2) is 0 Å². The van der Waals surface area contributed by atoms with Crippen molar-refractivity contribution in [2.75, 3.05) is 32.9 Å². The van der Waals surface area contributed by atoms with Crippen molar-refractivity contribution in [3.63, 3.8) is 0 Å². The maximum absolute atomic E-state index is 8.37. The van der Waals surface area contributed by atoms with E-state index in [9.17, 15) is 0 Å². The van der Waals surface area contributed by atoms with E-state index in [1.54, 1.807) is 6.92 Å². The predicted octanol–water partition coefficient (Wildman–Crippen LogP) is -0.375. The van der Waals surface area contributed by atoms with Gasteiger partial charge in [-0.1, -0.05) is 0 Å². The van der Waals surface area contributed by atoms with Gasteiger partial charge in [0.2, 0.25) is 0 Å². The van der Waals surface area contributed by atoms with Crippen LogP contribution in [0.2, 0.25) is 0 Å². The summed E-state index contributed by atoms with van der Waals surface area (Å²) in [6, 6.07) is 0. The van der Waals surface area contributed by atoms with Crippen molar-refractivity contribution in [2.24, 2.45) is 0 Å². The normalized spacial score (nSPS) is 10.0. The van der Waals surface area contributed by atoms with Gasteiger partial charge < -0.3 is 20.6 Å². The standard InChI is InChI=1S/C7H16N2O2/c1-7(8)6-11-5-3-9-2-4-10/h8-10H,2-6H2,1H3. The molecule has 0 aliphatic rings. The number of aliphatic hydroxyl groups excluding tert-OH is 1. The molecule has 0 aromatic rings. The SMILES string of the molecule is CC(=N)COCCNCCO. The highest BCUT2D eigenvalue weighted by molar-refractivity contribution is 5.79. The van der Waals surface area contributed by atoms with Crippen LogP contribution in [0.5, 0.6) is 0 Å². The average molecular weight is 160 g/mol. The van der Waals surface area contributed by atoms with Gasteiger partial charge >= 0.3 is 0 Å². The fourth-order valence-corrected chi connectivity index (χ4v) is 0.574. The summed E-state index contributed by atoms with van der Waals surface area (Å²) < 4.78 is 5.07. The van der Waals surface area contributed by atoms with Crippen molar-refractivity contribution in [1.82, 2.24) is 5.32 Å². The molecule has 0 aliphatic heterocycles. The molecule has 0 radical (unpaired) electrons. The van der Waals surface area contributed by atoms with Crippen molar-refractivity contribution in [3.05, 3.63) is 0 Å². The molecule has 66 valence electrons. The quantitative estimate of drug-likeness (QED) is 0.351. The molecule has 0 aromatic heterocycles. The van der Waals surface area contributed by atoms with E-state index in [0.717, 1.165) is 6.54 Å². The largest absolute Gasteiger partial charge is 0.395 e. The van der Waals surface area contributed by atoms with E-state index >= 15 is 0 Å². The zero-order valence-electron chi connectivity index (χ0n) is 6.89.